The Bertz CT molecular complexity index is 1750. The minimum absolute atomic E-state index is 0.219. The maximum atomic E-state index is 13.4. The highest BCUT2D eigenvalue weighted by Gasteiger charge is 2.53. The Morgan fingerprint density at radius 1 is 0.434 bits per heavy atom. The van der Waals surface area contributed by atoms with Crippen LogP contribution >= 0.6 is 0 Å². The van der Waals surface area contributed by atoms with Gasteiger partial charge in [0, 0.05) is 6.42 Å². The van der Waals surface area contributed by atoms with E-state index in [9.17, 15) is 61.0 Å². The molecule has 0 bridgehead atoms. The van der Waals surface area contributed by atoms with Crippen molar-refractivity contribution in [2.75, 3.05) is 26.4 Å². The molecule has 3 aliphatic heterocycles. The summed E-state index contributed by atoms with van der Waals surface area (Å²) >= 11 is 0. The second-order valence-corrected chi connectivity index (χ2v) is 22.9. The van der Waals surface area contributed by atoms with Crippen LogP contribution in [-0.2, 0) is 33.2 Å². The lowest BCUT2D eigenvalue weighted by molar-refractivity contribution is -0.379. The number of amides is 1. The summed E-state index contributed by atoms with van der Waals surface area (Å²) in [7, 11) is 0. The number of ether oxygens (including phenoxy) is 6. The van der Waals surface area contributed by atoms with Crippen molar-refractivity contribution in [3.05, 3.63) is 60.8 Å². The molecule has 3 heterocycles. The quantitative estimate of drug-likeness (QED) is 0.0220. The molecule has 0 radical (unpaired) electrons. The third-order valence-electron chi connectivity index (χ3n) is 15.8. The largest absolute Gasteiger partial charge is 0.394 e. The first-order valence-electron chi connectivity index (χ1n) is 32.0. The Kier molecular flexibility index (Phi) is 42.0. The van der Waals surface area contributed by atoms with Crippen molar-refractivity contribution < 1.29 is 89.4 Å². The summed E-state index contributed by atoms with van der Waals surface area (Å²) < 4.78 is 34.3. The Balaban J connectivity index is 1.50. The molecular weight excluding hydrogens is 1070 g/mol. The van der Waals surface area contributed by atoms with Crippen molar-refractivity contribution in [3.8, 4) is 0 Å². The van der Waals surface area contributed by atoms with Crippen molar-refractivity contribution in [1.82, 2.24) is 5.32 Å². The van der Waals surface area contributed by atoms with Crippen molar-refractivity contribution in [3.63, 3.8) is 0 Å². The summed E-state index contributed by atoms with van der Waals surface area (Å²) in [4.78, 5) is 13.4. The van der Waals surface area contributed by atoms with Gasteiger partial charge in [0.25, 0.3) is 0 Å². The molecule has 1 amide bonds. The van der Waals surface area contributed by atoms with Gasteiger partial charge >= 0.3 is 0 Å². The molecule has 0 aromatic carbocycles. The van der Waals surface area contributed by atoms with Crippen LogP contribution in [0.5, 0.6) is 0 Å². The molecule has 19 heteroatoms. The first-order valence-corrected chi connectivity index (χ1v) is 32.0. The highest BCUT2D eigenvalue weighted by atomic mass is 16.8. The average molecular weight is 1180 g/mol. The number of nitrogens with one attached hydrogen (secondary N) is 1. The first-order chi connectivity index (χ1) is 40.3. The SMILES string of the molecule is CCCCCCC/C=C\C/C=C\C/C=C\CCCCCCCCC(=O)NC(COC1OC(CO)C(OC2OC(CO)C(OC3OC(CO)C(O)C(O)C3O)C(O)C2O)C(O)C1O)C(O)/C=C/CC/C=C/CCCCCCCCCCCCC. The standard InChI is InChI=1S/C64H113NO18/c1-3-5-7-9-11-13-15-17-19-21-22-23-24-26-28-30-32-34-36-38-40-42-52(70)65-47(48(69)41-39-37-35-33-31-29-27-25-20-18-16-14-12-10-8-6-4-2)46-78-62-58(76)55(73)60(50(44-67)80-62)83-64-59(77)56(74)61(51(45-68)81-64)82-63-57(75)54(72)53(71)49(43-66)79-63/h15,17,21-22,24,26,31,33,39,41,47-51,53-64,66-69,71-77H,3-14,16,18-20,23,25,27-30,32,34-38,40,42-46H2,1-2H3,(H,65,70)/b17-15-,22-21-,26-24-,33-31+,41-39+. The predicted octanol–water partition coefficient (Wildman–Crippen LogP) is 6.82. The van der Waals surface area contributed by atoms with Crippen LogP contribution in [0.4, 0.5) is 0 Å². The minimum atomic E-state index is -1.98. The number of hydrogen-bond donors (Lipinski definition) is 12. The number of carbonyl (C=O) groups excluding carboxylic acids is 1. The lowest BCUT2D eigenvalue weighted by Crippen LogP contribution is -2.66. The van der Waals surface area contributed by atoms with E-state index in [-0.39, 0.29) is 18.9 Å². The fraction of sp³-hybridized carbons (Fsp3) is 0.828. The summed E-state index contributed by atoms with van der Waals surface area (Å²) in [5.74, 6) is -0.300. The molecule has 17 unspecified atom stereocenters. The van der Waals surface area contributed by atoms with Crippen LogP contribution in [0.25, 0.3) is 0 Å². The van der Waals surface area contributed by atoms with Crippen molar-refractivity contribution in [1.29, 1.82) is 0 Å². The molecule has 3 saturated heterocycles. The van der Waals surface area contributed by atoms with Crippen molar-refractivity contribution >= 4 is 5.91 Å². The Morgan fingerprint density at radius 3 is 1.29 bits per heavy atom. The molecule has 83 heavy (non-hydrogen) atoms. The number of rotatable bonds is 47. The molecule has 0 aromatic rings. The molecule has 482 valence electrons. The van der Waals surface area contributed by atoms with E-state index in [1.807, 2.05) is 6.08 Å². The fourth-order valence-corrected chi connectivity index (χ4v) is 10.5. The predicted molar refractivity (Wildman–Crippen MR) is 318 cm³/mol. The van der Waals surface area contributed by atoms with E-state index in [4.69, 9.17) is 28.4 Å². The molecule has 3 fully saturated rings. The van der Waals surface area contributed by atoms with Crippen LogP contribution in [0.3, 0.4) is 0 Å². The first kappa shape index (κ1) is 74.7. The van der Waals surface area contributed by atoms with Crippen molar-refractivity contribution in [2.45, 2.75) is 311 Å². The van der Waals surface area contributed by atoms with Gasteiger partial charge < -0.3 is 89.9 Å². The average Bonchev–Trinajstić information content (AvgIpc) is 3.34. The molecule has 0 spiro atoms. The van der Waals surface area contributed by atoms with Gasteiger partial charge in [0.1, 0.15) is 73.2 Å². The number of carbonyl (C=O) groups is 1. The monoisotopic (exact) mass is 1180 g/mol. The molecule has 0 saturated carbocycles. The van der Waals surface area contributed by atoms with E-state index in [1.54, 1.807) is 6.08 Å². The molecule has 17 atom stereocenters. The normalized spacial score (nSPS) is 29.8. The van der Waals surface area contributed by atoms with Gasteiger partial charge in [-0.15, -0.1) is 0 Å². The van der Waals surface area contributed by atoms with Gasteiger partial charge in [-0.2, -0.15) is 0 Å². The van der Waals surface area contributed by atoms with E-state index >= 15 is 0 Å². The van der Waals surface area contributed by atoms with Gasteiger partial charge in [0.2, 0.25) is 5.91 Å². The third kappa shape index (κ3) is 29.8. The summed E-state index contributed by atoms with van der Waals surface area (Å²) in [6.45, 7) is 1.68. The van der Waals surface area contributed by atoms with E-state index in [2.05, 4.69) is 67.8 Å². The fourth-order valence-electron chi connectivity index (χ4n) is 10.5. The van der Waals surface area contributed by atoms with Crippen LogP contribution in [-0.4, -0.2) is 193 Å². The van der Waals surface area contributed by atoms with E-state index in [0.717, 1.165) is 70.6 Å². The van der Waals surface area contributed by atoms with Crippen LogP contribution in [0.1, 0.15) is 206 Å². The Hall–Kier alpha value is -2.51. The zero-order chi connectivity index (χ0) is 60.5. The third-order valence-corrected chi connectivity index (χ3v) is 15.8. The summed E-state index contributed by atoms with van der Waals surface area (Å²) in [6.07, 6.45) is 27.6. The van der Waals surface area contributed by atoms with Crippen LogP contribution < -0.4 is 5.32 Å². The van der Waals surface area contributed by atoms with Gasteiger partial charge in [-0.25, -0.2) is 0 Å². The second-order valence-electron chi connectivity index (χ2n) is 22.9. The molecule has 0 aliphatic carbocycles. The summed E-state index contributed by atoms with van der Waals surface area (Å²) in [5.41, 5.74) is 0. The number of allylic oxidation sites excluding steroid dienone is 9. The van der Waals surface area contributed by atoms with Gasteiger partial charge in [-0.1, -0.05) is 190 Å². The maximum Gasteiger partial charge on any atom is 0.220 e. The Morgan fingerprint density at radius 2 is 0.807 bits per heavy atom. The van der Waals surface area contributed by atoms with Crippen LogP contribution in [0.15, 0.2) is 60.8 Å². The van der Waals surface area contributed by atoms with Gasteiger partial charge in [0.15, 0.2) is 18.9 Å². The van der Waals surface area contributed by atoms with Crippen molar-refractivity contribution in [2.24, 2.45) is 0 Å². The smallest absolute Gasteiger partial charge is 0.220 e. The van der Waals surface area contributed by atoms with E-state index in [0.29, 0.717) is 12.8 Å². The maximum absolute atomic E-state index is 13.4. The minimum Gasteiger partial charge on any atom is -0.394 e. The number of unbranched alkanes of at least 4 members (excludes halogenated alkanes) is 23. The van der Waals surface area contributed by atoms with Crippen LogP contribution in [0.2, 0.25) is 0 Å². The molecule has 12 N–H and O–H groups in total. The molecule has 3 aliphatic rings. The lowest BCUT2D eigenvalue weighted by atomic mass is 9.96. The number of aliphatic hydroxyl groups excluding tert-OH is 11. The van der Waals surface area contributed by atoms with E-state index < -0.39 is 124 Å². The van der Waals surface area contributed by atoms with Gasteiger partial charge in [-0.3, -0.25) is 4.79 Å². The molecular formula is C64H113NO18. The second kappa shape index (κ2) is 46.6. The zero-order valence-corrected chi connectivity index (χ0v) is 50.4. The summed E-state index contributed by atoms with van der Waals surface area (Å²) in [5, 5.41) is 120. The van der Waals surface area contributed by atoms with Gasteiger partial charge in [-0.05, 0) is 70.6 Å². The van der Waals surface area contributed by atoms with Gasteiger partial charge in [0.05, 0.1) is 38.6 Å². The molecule has 19 nitrogen and oxygen atoms in total. The topological polar surface area (TPSA) is 307 Å². The lowest BCUT2D eigenvalue weighted by Gasteiger charge is -2.48. The summed E-state index contributed by atoms with van der Waals surface area (Å²) in [6, 6.07) is -0.999. The highest BCUT2D eigenvalue weighted by molar-refractivity contribution is 5.76. The van der Waals surface area contributed by atoms with E-state index in [1.165, 1.54) is 103 Å². The molecule has 3 rings (SSSR count). The number of hydrogen-bond acceptors (Lipinski definition) is 18. The Labute approximate surface area is 496 Å². The molecule has 0 aromatic heterocycles. The van der Waals surface area contributed by atoms with Crippen LogP contribution in [0, 0.1) is 0 Å². The number of aliphatic hydroxyl groups is 11. The highest BCUT2D eigenvalue weighted by Crippen LogP contribution is 2.33. The zero-order valence-electron chi connectivity index (χ0n) is 50.4.